The molecule has 0 aliphatic carbocycles. The van der Waals surface area contributed by atoms with Gasteiger partial charge in [0.2, 0.25) is 0 Å². The molecule has 0 N–H and O–H groups in total. The summed E-state index contributed by atoms with van der Waals surface area (Å²) in [6, 6.07) is 9.27. The summed E-state index contributed by atoms with van der Waals surface area (Å²) in [6.45, 7) is 2.59. The number of esters is 2. The fourth-order valence-corrected chi connectivity index (χ4v) is 6.95. The average molecular weight is 522 g/mol. The molecule has 10 nitrogen and oxygen atoms in total. The van der Waals surface area contributed by atoms with Crippen LogP contribution in [0.25, 0.3) is 0 Å². The zero-order valence-electron chi connectivity index (χ0n) is 22.2. The van der Waals surface area contributed by atoms with E-state index >= 15 is 0 Å². The van der Waals surface area contributed by atoms with Gasteiger partial charge in [-0.2, -0.15) is 0 Å². The Morgan fingerprint density at radius 1 is 0.842 bits per heavy atom. The highest BCUT2D eigenvalue weighted by atomic mass is 16.5. The third-order valence-electron chi connectivity index (χ3n) is 8.39. The number of pyridine rings is 2. The van der Waals surface area contributed by atoms with E-state index in [0.29, 0.717) is 18.1 Å². The Morgan fingerprint density at radius 2 is 1.34 bits per heavy atom. The lowest BCUT2D eigenvalue weighted by atomic mass is 9.54. The van der Waals surface area contributed by atoms with Gasteiger partial charge in [0.05, 0.1) is 44.4 Å². The van der Waals surface area contributed by atoms with Crippen LogP contribution in [0.15, 0.2) is 48.8 Å². The molecular weight excluding hydrogens is 486 g/mol. The molecule has 5 rings (SSSR count). The number of fused-ring (bicyclic) bond motifs is 2. The van der Waals surface area contributed by atoms with Crippen LogP contribution >= 0.6 is 0 Å². The Morgan fingerprint density at radius 3 is 1.76 bits per heavy atom. The minimum Gasteiger partial charge on any atom is -0.468 e. The van der Waals surface area contributed by atoms with E-state index < -0.39 is 40.6 Å². The summed E-state index contributed by atoms with van der Waals surface area (Å²) in [7, 11) is 4.39. The van der Waals surface area contributed by atoms with Gasteiger partial charge in [0, 0.05) is 25.5 Å². The van der Waals surface area contributed by atoms with Gasteiger partial charge in [-0.1, -0.05) is 18.6 Å². The number of piperidine rings is 3. The number of methoxy groups -OCH3 is 2. The Labute approximate surface area is 222 Å². The van der Waals surface area contributed by atoms with Crippen LogP contribution in [-0.2, 0) is 23.9 Å². The standard InChI is InChI=1S/C28H35N5O5/c1-31-22(20-11-5-7-13-29-20)27(25(35)37-2)17-33(19-32-15-9-4-10-16-32)18-28(24(27)34,26(36)38-3)23(31)21-12-6-8-14-30-21/h5-8,11-14,22-23H,4,9-10,15-19H2,1-3H3. The van der Waals surface area contributed by atoms with Gasteiger partial charge in [0.1, 0.15) is 0 Å². The van der Waals surface area contributed by atoms with E-state index in [1.807, 2.05) is 36.2 Å². The number of hydrogen-bond donors (Lipinski definition) is 0. The highest BCUT2D eigenvalue weighted by molar-refractivity contribution is 6.17. The van der Waals surface area contributed by atoms with Crippen LogP contribution in [-0.4, -0.2) is 96.5 Å². The number of aromatic nitrogens is 2. The predicted molar refractivity (Wildman–Crippen MR) is 137 cm³/mol. The van der Waals surface area contributed by atoms with Crippen molar-refractivity contribution in [1.29, 1.82) is 0 Å². The van der Waals surface area contributed by atoms with Gasteiger partial charge in [-0.15, -0.1) is 0 Å². The first-order chi connectivity index (χ1) is 18.4. The fourth-order valence-electron chi connectivity index (χ4n) is 6.95. The summed E-state index contributed by atoms with van der Waals surface area (Å²) < 4.78 is 10.7. The van der Waals surface area contributed by atoms with Crippen molar-refractivity contribution in [3.05, 3.63) is 60.2 Å². The van der Waals surface area contributed by atoms with Crippen LogP contribution in [0, 0.1) is 10.8 Å². The van der Waals surface area contributed by atoms with Gasteiger partial charge in [0.15, 0.2) is 16.6 Å². The molecule has 4 atom stereocenters. The molecule has 0 aromatic carbocycles. The first-order valence-electron chi connectivity index (χ1n) is 13.1. The van der Waals surface area contributed by atoms with Crippen LogP contribution in [0.2, 0.25) is 0 Å². The van der Waals surface area contributed by atoms with Crippen molar-refractivity contribution in [2.75, 3.05) is 54.1 Å². The van der Waals surface area contributed by atoms with E-state index in [0.717, 1.165) is 25.9 Å². The maximum Gasteiger partial charge on any atom is 0.322 e. The van der Waals surface area contributed by atoms with E-state index in [4.69, 9.17) is 9.47 Å². The molecule has 5 heterocycles. The van der Waals surface area contributed by atoms with Gasteiger partial charge < -0.3 is 9.47 Å². The Balaban J connectivity index is 1.75. The van der Waals surface area contributed by atoms with Gasteiger partial charge in [-0.05, 0) is 57.2 Å². The Hall–Kier alpha value is -3.21. The minimum atomic E-state index is -1.70. The molecule has 38 heavy (non-hydrogen) atoms. The smallest absolute Gasteiger partial charge is 0.322 e. The number of likely N-dealkylation sites (tertiary alicyclic amines) is 3. The summed E-state index contributed by atoms with van der Waals surface area (Å²) in [4.78, 5) is 58.1. The van der Waals surface area contributed by atoms with Crippen molar-refractivity contribution < 1.29 is 23.9 Å². The molecule has 2 bridgehead atoms. The number of ether oxygens (including phenoxy) is 2. The van der Waals surface area contributed by atoms with E-state index in [1.165, 1.54) is 20.6 Å². The molecule has 0 saturated carbocycles. The third kappa shape index (κ3) is 4.02. The molecule has 3 aliphatic heterocycles. The van der Waals surface area contributed by atoms with Crippen molar-refractivity contribution in [3.8, 4) is 0 Å². The number of carbonyl (C=O) groups is 3. The first kappa shape index (κ1) is 26.4. The van der Waals surface area contributed by atoms with Crippen molar-refractivity contribution in [3.63, 3.8) is 0 Å². The summed E-state index contributed by atoms with van der Waals surface area (Å²) >= 11 is 0. The molecule has 202 valence electrons. The molecule has 0 amide bonds. The van der Waals surface area contributed by atoms with Crippen molar-refractivity contribution in [2.24, 2.45) is 10.8 Å². The minimum absolute atomic E-state index is 0.105. The zero-order chi connectivity index (χ0) is 26.9. The summed E-state index contributed by atoms with van der Waals surface area (Å²) in [5.74, 6) is -1.86. The maximum absolute atomic E-state index is 14.9. The number of Topliss-reactive ketones (excluding diaryl/α,β-unsaturated/α-hetero) is 1. The molecule has 3 saturated heterocycles. The quantitative estimate of drug-likeness (QED) is 0.413. The first-order valence-corrected chi connectivity index (χ1v) is 13.1. The molecule has 2 aromatic rings. The summed E-state index contributed by atoms with van der Waals surface area (Å²) in [5, 5.41) is 0. The lowest BCUT2D eigenvalue weighted by Crippen LogP contribution is -2.76. The molecular formula is C28H35N5O5. The molecule has 0 radical (unpaired) electrons. The number of carbonyl (C=O) groups excluding carboxylic acids is 3. The van der Waals surface area contributed by atoms with Gasteiger partial charge in [-0.25, -0.2) is 0 Å². The average Bonchev–Trinajstić information content (AvgIpc) is 2.95. The van der Waals surface area contributed by atoms with Crippen LogP contribution < -0.4 is 0 Å². The second-order valence-electron chi connectivity index (χ2n) is 10.5. The molecule has 0 spiro atoms. The summed E-state index contributed by atoms with van der Waals surface area (Å²) in [6.07, 6.45) is 6.65. The second kappa shape index (κ2) is 10.5. The highest BCUT2D eigenvalue weighted by Gasteiger charge is 2.75. The van der Waals surface area contributed by atoms with E-state index in [9.17, 15) is 14.4 Å². The number of hydrogen-bond acceptors (Lipinski definition) is 10. The fraction of sp³-hybridized carbons (Fsp3) is 0.536. The largest absolute Gasteiger partial charge is 0.468 e. The van der Waals surface area contributed by atoms with Crippen molar-refractivity contribution >= 4 is 17.7 Å². The molecule has 3 fully saturated rings. The van der Waals surface area contributed by atoms with Crippen LogP contribution in [0.4, 0.5) is 0 Å². The predicted octanol–water partition coefficient (Wildman–Crippen LogP) is 1.85. The van der Waals surface area contributed by atoms with Crippen LogP contribution in [0.5, 0.6) is 0 Å². The van der Waals surface area contributed by atoms with E-state index in [2.05, 4.69) is 19.8 Å². The molecule has 4 unspecified atom stereocenters. The Kier molecular flexibility index (Phi) is 7.30. The van der Waals surface area contributed by atoms with Gasteiger partial charge in [-0.3, -0.25) is 39.1 Å². The zero-order valence-corrected chi connectivity index (χ0v) is 22.2. The van der Waals surface area contributed by atoms with E-state index in [1.54, 1.807) is 24.5 Å². The maximum atomic E-state index is 14.9. The van der Waals surface area contributed by atoms with Crippen molar-refractivity contribution in [1.82, 2.24) is 24.7 Å². The van der Waals surface area contributed by atoms with Crippen LogP contribution in [0.1, 0.15) is 42.7 Å². The lowest BCUT2D eigenvalue weighted by Gasteiger charge is -2.60. The topological polar surface area (TPSA) is 105 Å². The molecule has 2 aromatic heterocycles. The highest BCUT2D eigenvalue weighted by Crippen LogP contribution is 2.60. The van der Waals surface area contributed by atoms with Gasteiger partial charge in [0.25, 0.3) is 0 Å². The lowest BCUT2D eigenvalue weighted by molar-refractivity contribution is -0.205. The number of nitrogens with zero attached hydrogens (tertiary/aromatic N) is 5. The van der Waals surface area contributed by atoms with E-state index in [-0.39, 0.29) is 13.1 Å². The number of ketones is 1. The molecule has 3 aliphatic rings. The summed E-state index contributed by atoms with van der Waals surface area (Å²) in [5.41, 5.74) is -2.31. The van der Waals surface area contributed by atoms with Gasteiger partial charge >= 0.3 is 11.9 Å². The SMILES string of the molecule is COC(=O)C12CN(CN3CCCCC3)CC(C(=O)OC)(C1=O)C(c1ccccn1)N(C)C2c1ccccn1. The van der Waals surface area contributed by atoms with Crippen LogP contribution in [0.3, 0.4) is 0 Å². The molecule has 10 heteroatoms. The second-order valence-corrected chi connectivity index (χ2v) is 10.5. The number of rotatable bonds is 6. The monoisotopic (exact) mass is 521 g/mol. The third-order valence-corrected chi connectivity index (χ3v) is 8.39. The normalized spacial score (nSPS) is 30.6. The van der Waals surface area contributed by atoms with Crippen molar-refractivity contribution in [2.45, 2.75) is 31.3 Å². The Bertz CT molecular complexity index is 1100.